The number of nitrogens with zero attached hydrogens (tertiary/aromatic N) is 2. The molecule has 1 aliphatic rings. The number of methoxy groups -OCH3 is 1. The first-order valence-corrected chi connectivity index (χ1v) is 9.91. The van der Waals surface area contributed by atoms with Gasteiger partial charge in [0, 0.05) is 23.6 Å². The van der Waals surface area contributed by atoms with Gasteiger partial charge in [0.05, 0.1) is 23.7 Å². The van der Waals surface area contributed by atoms with Crippen molar-refractivity contribution in [2.75, 3.05) is 12.0 Å². The lowest BCUT2D eigenvalue weighted by atomic mass is 9.96. The maximum Gasteiger partial charge on any atom is 0.300 e. The summed E-state index contributed by atoms with van der Waals surface area (Å²) in [5.74, 6) is -1.46. The van der Waals surface area contributed by atoms with E-state index in [1.807, 2.05) is 25.1 Å². The number of rotatable bonds is 4. The molecule has 0 aliphatic carbocycles. The fraction of sp³-hybridized carbons (Fsp3) is 0.125. The largest absolute Gasteiger partial charge is 0.507 e. The summed E-state index contributed by atoms with van der Waals surface area (Å²) in [6, 6.07) is 14.6. The van der Waals surface area contributed by atoms with Crippen molar-refractivity contribution in [2.45, 2.75) is 13.0 Å². The molecule has 1 unspecified atom stereocenters. The van der Waals surface area contributed by atoms with Crippen LogP contribution in [0.25, 0.3) is 5.76 Å². The van der Waals surface area contributed by atoms with Crippen molar-refractivity contribution in [3.63, 3.8) is 0 Å². The SMILES string of the molecule is COc1cc(/C(O)=C2/C(=O)C(=O)N(c3cccc(C)c3)C2c2cccnc2)ccc1Cl. The van der Waals surface area contributed by atoms with Crippen LogP contribution in [0.15, 0.2) is 72.6 Å². The molecule has 1 aromatic heterocycles. The molecule has 156 valence electrons. The number of carbonyl (C=O) groups excluding carboxylic acids is 2. The van der Waals surface area contributed by atoms with Crippen LogP contribution < -0.4 is 9.64 Å². The Hall–Kier alpha value is -3.64. The Kier molecular flexibility index (Phi) is 5.48. The van der Waals surface area contributed by atoms with Crippen LogP contribution >= 0.6 is 11.6 Å². The van der Waals surface area contributed by atoms with Gasteiger partial charge in [-0.2, -0.15) is 0 Å². The van der Waals surface area contributed by atoms with Crippen molar-refractivity contribution in [1.29, 1.82) is 0 Å². The van der Waals surface area contributed by atoms with Gasteiger partial charge in [0.15, 0.2) is 0 Å². The zero-order chi connectivity index (χ0) is 22.1. The highest BCUT2D eigenvalue weighted by atomic mass is 35.5. The van der Waals surface area contributed by atoms with Crippen LogP contribution in [0.4, 0.5) is 5.69 Å². The van der Waals surface area contributed by atoms with E-state index in [2.05, 4.69) is 4.98 Å². The Labute approximate surface area is 184 Å². The monoisotopic (exact) mass is 434 g/mol. The highest BCUT2D eigenvalue weighted by Gasteiger charge is 2.47. The number of hydrogen-bond donors (Lipinski definition) is 1. The van der Waals surface area contributed by atoms with Gasteiger partial charge < -0.3 is 9.84 Å². The fourth-order valence-corrected chi connectivity index (χ4v) is 3.89. The smallest absolute Gasteiger partial charge is 0.300 e. The van der Waals surface area contributed by atoms with E-state index in [4.69, 9.17) is 16.3 Å². The Morgan fingerprint density at radius 1 is 1.13 bits per heavy atom. The van der Waals surface area contributed by atoms with Crippen molar-refractivity contribution >= 4 is 34.7 Å². The summed E-state index contributed by atoms with van der Waals surface area (Å²) in [6.45, 7) is 1.90. The number of pyridine rings is 1. The van der Waals surface area contributed by atoms with Crippen LogP contribution in [0.1, 0.15) is 22.7 Å². The third-order valence-corrected chi connectivity index (χ3v) is 5.46. The van der Waals surface area contributed by atoms with Gasteiger partial charge in [-0.05, 0) is 54.4 Å². The summed E-state index contributed by atoms with van der Waals surface area (Å²) in [5, 5.41) is 11.5. The van der Waals surface area contributed by atoms with Gasteiger partial charge in [0.25, 0.3) is 11.7 Å². The van der Waals surface area contributed by atoms with Crippen LogP contribution in [0.3, 0.4) is 0 Å². The molecule has 0 bridgehead atoms. The van der Waals surface area contributed by atoms with Gasteiger partial charge in [-0.25, -0.2) is 0 Å². The summed E-state index contributed by atoms with van der Waals surface area (Å²) in [4.78, 5) is 31.7. The number of aliphatic hydroxyl groups is 1. The number of ketones is 1. The highest BCUT2D eigenvalue weighted by Crippen LogP contribution is 2.42. The number of aliphatic hydroxyl groups excluding tert-OH is 1. The van der Waals surface area contributed by atoms with E-state index in [9.17, 15) is 14.7 Å². The van der Waals surface area contributed by atoms with Gasteiger partial charge in [0.2, 0.25) is 0 Å². The second-order valence-corrected chi connectivity index (χ2v) is 7.55. The predicted molar refractivity (Wildman–Crippen MR) is 118 cm³/mol. The van der Waals surface area contributed by atoms with Gasteiger partial charge in [-0.3, -0.25) is 19.5 Å². The van der Waals surface area contributed by atoms with E-state index >= 15 is 0 Å². The van der Waals surface area contributed by atoms with Gasteiger partial charge in [-0.1, -0.05) is 29.8 Å². The Morgan fingerprint density at radius 3 is 2.61 bits per heavy atom. The molecule has 0 spiro atoms. The first-order valence-electron chi connectivity index (χ1n) is 9.54. The molecule has 31 heavy (non-hydrogen) atoms. The molecule has 2 aromatic carbocycles. The third kappa shape index (κ3) is 3.66. The minimum atomic E-state index is -0.836. The number of aromatic nitrogens is 1. The number of halogens is 1. The van der Waals surface area contributed by atoms with E-state index in [1.165, 1.54) is 18.1 Å². The number of carbonyl (C=O) groups is 2. The number of ether oxygens (including phenoxy) is 1. The number of hydrogen-bond acceptors (Lipinski definition) is 5. The second kappa shape index (κ2) is 8.24. The molecule has 0 radical (unpaired) electrons. The summed E-state index contributed by atoms with van der Waals surface area (Å²) in [6.07, 6.45) is 3.18. The predicted octanol–water partition coefficient (Wildman–Crippen LogP) is 4.68. The van der Waals surface area contributed by atoms with E-state index in [-0.39, 0.29) is 11.3 Å². The second-order valence-electron chi connectivity index (χ2n) is 7.14. The van der Waals surface area contributed by atoms with Crippen molar-refractivity contribution in [3.05, 3.63) is 94.3 Å². The standard InChI is InChI=1S/C24H19ClN2O4/c1-14-5-3-7-17(11-14)27-21(16-6-4-10-26-13-16)20(23(29)24(27)30)22(28)15-8-9-18(25)19(12-15)31-2/h3-13,21,28H,1-2H3/b22-20-. The molecule has 1 atom stereocenters. The summed E-state index contributed by atoms with van der Waals surface area (Å²) >= 11 is 6.09. The summed E-state index contributed by atoms with van der Waals surface area (Å²) < 4.78 is 5.22. The number of benzene rings is 2. The summed E-state index contributed by atoms with van der Waals surface area (Å²) in [5.41, 5.74) is 2.39. The minimum absolute atomic E-state index is 0.0242. The van der Waals surface area contributed by atoms with Crippen LogP contribution in [-0.2, 0) is 9.59 Å². The van der Waals surface area contributed by atoms with Crippen LogP contribution in [0.2, 0.25) is 5.02 Å². The molecule has 4 rings (SSSR count). The minimum Gasteiger partial charge on any atom is -0.507 e. The normalized spacial score (nSPS) is 17.8. The molecule has 1 amide bonds. The lowest BCUT2D eigenvalue weighted by molar-refractivity contribution is -0.132. The van der Waals surface area contributed by atoms with Crippen LogP contribution in [0.5, 0.6) is 5.75 Å². The lowest BCUT2D eigenvalue weighted by Gasteiger charge is -2.25. The molecule has 0 saturated carbocycles. The first-order chi connectivity index (χ1) is 14.9. The van der Waals surface area contributed by atoms with Crippen LogP contribution in [-0.4, -0.2) is 28.9 Å². The van der Waals surface area contributed by atoms with E-state index in [1.54, 1.807) is 42.7 Å². The van der Waals surface area contributed by atoms with E-state index < -0.39 is 17.7 Å². The Morgan fingerprint density at radius 2 is 1.94 bits per heavy atom. The molecule has 1 saturated heterocycles. The number of amides is 1. The fourth-order valence-electron chi connectivity index (χ4n) is 3.69. The average Bonchev–Trinajstić information content (AvgIpc) is 3.05. The van der Waals surface area contributed by atoms with Crippen molar-refractivity contribution in [2.24, 2.45) is 0 Å². The molecule has 1 aliphatic heterocycles. The zero-order valence-electron chi connectivity index (χ0n) is 16.9. The molecule has 7 heteroatoms. The van der Waals surface area contributed by atoms with Gasteiger partial charge in [0.1, 0.15) is 11.5 Å². The molecular formula is C24H19ClN2O4. The Bertz CT molecular complexity index is 1210. The van der Waals surface area contributed by atoms with E-state index in [0.717, 1.165) is 5.56 Å². The lowest BCUT2D eigenvalue weighted by Crippen LogP contribution is -2.29. The highest BCUT2D eigenvalue weighted by molar-refractivity contribution is 6.51. The van der Waals surface area contributed by atoms with Crippen molar-refractivity contribution in [1.82, 2.24) is 4.98 Å². The number of anilines is 1. The molecule has 1 N–H and O–H groups in total. The zero-order valence-corrected chi connectivity index (χ0v) is 17.6. The molecular weight excluding hydrogens is 416 g/mol. The quantitative estimate of drug-likeness (QED) is 0.366. The van der Waals surface area contributed by atoms with Gasteiger partial charge >= 0.3 is 0 Å². The van der Waals surface area contributed by atoms with Crippen LogP contribution in [0, 0.1) is 6.92 Å². The Balaban J connectivity index is 1.95. The number of aryl methyl sites for hydroxylation is 1. The molecule has 6 nitrogen and oxygen atoms in total. The molecule has 2 heterocycles. The maximum absolute atomic E-state index is 13.1. The van der Waals surface area contributed by atoms with Crippen molar-refractivity contribution in [3.8, 4) is 5.75 Å². The average molecular weight is 435 g/mol. The van der Waals surface area contributed by atoms with Crippen molar-refractivity contribution < 1.29 is 19.4 Å². The third-order valence-electron chi connectivity index (χ3n) is 5.15. The first kappa shape index (κ1) is 20.6. The van der Waals surface area contributed by atoms with E-state index in [0.29, 0.717) is 27.6 Å². The summed E-state index contributed by atoms with van der Waals surface area (Å²) in [7, 11) is 1.46. The maximum atomic E-state index is 13.1. The number of Topliss-reactive ketones (excluding diaryl/α,β-unsaturated/α-hetero) is 1. The molecule has 3 aromatic rings. The topological polar surface area (TPSA) is 79.7 Å². The molecule has 1 fully saturated rings. The van der Waals surface area contributed by atoms with Gasteiger partial charge in [-0.15, -0.1) is 0 Å².